The van der Waals surface area contributed by atoms with E-state index in [0.29, 0.717) is 18.6 Å². The lowest BCUT2D eigenvalue weighted by Crippen LogP contribution is -2.07. The topological polar surface area (TPSA) is 91.7 Å². The van der Waals surface area contributed by atoms with E-state index in [0.717, 1.165) is 63.2 Å². The maximum atomic E-state index is 12.8. The number of rotatable bonds is 46. The average molecular weight is 799 g/mol. The van der Waals surface area contributed by atoms with Crippen LogP contribution in [0.4, 0.5) is 0 Å². The second-order valence-corrected chi connectivity index (χ2v) is 18.9. The van der Waals surface area contributed by atoms with Crippen molar-refractivity contribution < 1.29 is 24.6 Å². The lowest BCUT2D eigenvalue weighted by molar-refractivity contribution is -0.138. The van der Waals surface area contributed by atoms with Crippen LogP contribution in [-0.2, 0) is 14.4 Å². The maximum Gasteiger partial charge on any atom is 0.303 e. The quantitative estimate of drug-likeness (QED) is 0.0593. The van der Waals surface area contributed by atoms with Crippen molar-refractivity contribution in [1.82, 2.24) is 0 Å². The first kappa shape index (κ1) is 53.3. The highest BCUT2D eigenvalue weighted by Gasteiger charge is 2.12. The minimum Gasteiger partial charge on any atom is -0.481 e. The molecule has 0 rings (SSSR count). The molecule has 2 N–H and O–H groups in total. The standard InChI is InChI=1S/C47H90O5S2/c1-3-5-7-19-29-39-53-41-43(31-21-15-11-9-13-17-23-37-46(49)50)33-25-27-35-45(48)36-28-26-34-44(42-54-40-30-20-8-6-4-2)32-22-16-12-10-14-18-24-38-47(51)52/h43-44H,3-42H2,1-2H3,(H,49,50)(H,51,52). The van der Waals surface area contributed by atoms with Gasteiger partial charge in [-0.1, -0.05) is 155 Å². The number of unbranched alkanes of at least 4 members (excludes halogenated alkanes) is 22. The number of carboxylic acid groups (broad SMARTS) is 2. The van der Waals surface area contributed by atoms with Crippen LogP contribution in [0.2, 0.25) is 0 Å². The molecule has 0 fully saturated rings. The van der Waals surface area contributed by atoms with Crippen molar-refractivity contribution >= 4 is 41.2 Å². The SMILES string of the molecule is CCCCCCCSCC(CCCCCCCCCC(=O)O)CCCCC(=O)CCCCC(CCCCCCCCCC(=O)O)CSCCCCCCC. The summed E-state index contributed by atoms with van der Waals surface area (Å²) >= 11 is 4.33. The molecule has 0 spiro atoms. The monoisotopic (exact) mass is 799 g/mol. The molecule has 0 amide bonds. The molecule has 0 radical (unpaired) electrons. The number of carboxylic acids is 2. The second-order valence-electron chi connectivity index (χ2n) is 16.6. The molecule has 2 unspecified atom stereocenters. The van der Waals surface area contributed by atoms with Gasteiger partial charge in [-0.25, -0.2) is 0 Å². The zero-order valence-corrected chi connectivity index (χ0v) is 37.5. The van der Waals surface area contributed by atoms with Gasteiger partial charge in [0, 0.05) is 25.7 Å². The molecule has 2 atom stereocenters. The van der Waals surface area contributed by atoms with E-state index in [1.165, 1.54) is 190 Å². The molecule has 0 saturated heterocycles. The number of carbonyl (C=O) groups excluding carboxylic acids is 1. The normalized spacial score (nSPS) is 12.6. The minimum atomic E-state index is -0.671. The van der Waals surface area contributed by atoms with Gasteiger partial charge in [0.05, 0.1) is 0 Å². The highest BCUT2D eigenvalue weighted by molar-refractivity contribution is 7.99. The molecule has 0 saturated carbocycles. The number of ketones is 1. The molecule has 0 bridgehead atoms. The third-order valence-corrected chi connectivity index (χ3v) is 13.7. The van der Waals surface area contributed by atoms with Crippen LogP contribution in [0, 0.1) is 11.8 Å². The predicted octanol–water partition coefficient (Wildman–Crippen LogP) is 15.5. The van der Waals surface area contributed by atoms with Crippen LogP contribution in [0.15, 0.2) is 0 Å². The van der Waals surface area contributed by atoms with Crippen molar-refractivity contribution in [3.8, 4) is 0 Å². The van der Waals surface area contributed by atoms with Crippen LogP contribution >= 0.6 is 23.5 Å². The lowest BCUT2D eigenvalue weighted by Gasteiger charge is -2.17. The average Bonchev–Trinajstić information content (AvgIpc) is 3.15. The number of Topliss-reactive ketones (excluding diaryl/α,β-unsaturated/α-hetero) is 1. The van der Waals surface area contributed by atoms with Gasteiger partial charge in [0.1, 0.15) is 5.78 Å². The van der Waals surface area contributed by atoms with Crippen LogP contribution in [0.3, 0.4) is 0 Å². The largest absolute Gasteiger partial charge is 0.481 e. The van der Waals surface area contributed by atoms with Crippen LogP contribution in [0.1, 0.15) is 245 Å². The van der Waals surface area contributed by atoms with Gasteiger partial charge in [0.15, 0.2) is 0 Å². The minimum absolute atomic E-state index is 0.312. The Kier molecular flexibility index (Phi) is 42.9. The smallest absolute Gasteiger partial charge is 0.303 e. The number of aliphatic carboxylic acids is 2. The van der Waals surface area contributed by atoms with E-state index in [4.69, 9.17) is 10.2 Å². The molecule has 0 aliphatic carbocycles. The maximum absolute atomic E-state index is 12.8. The first-order valence-electron chi connectivity index (χ1n) is 23.5. The summed E-state index contributed by atoms with van der Waals surface area (Å²) in [6, 6.07) is 0. The molecular weight excluding hydrogens is 709 g/mol. The van der Waals surface area contributed by atoms with E-state index in [1.54, 1.807) is 0 Å². The summed E-state index contributed by atoms with van der Waals surface area (Å²) in [5.41, 5.74) is 0. The summed E-state index contributed by atoms with van der Waals surface area (Å²) in [5.74, 6) is 5.87. The van der Waals surface area contributed by atoms with Crippen molar-refractivity contribution in [2.75, 3.05) is 23.0 Å². The molecule has 320 valence electrons. The summed E-state index contributed by atoms with van der Waals surface area (Å²) in [6.07, 6.45) is 41.7. The van der Waals surface area contributed by atoms with E-state index in [9.17, 15) is 14.4 Å². The predicted molar refractivity (Wildman–Crippen MR) is 239 cm³/mol. The summed E-state index contributed by atoms with van der Waals surface area (Å²) in [4.78, 5) is 34.2. The van der Waals surface area contributed by atoms with Crippen LogP contribution < -0.4 is 0 Å². The van der Waals surface area contributed by atoms with Crippen molar-refractivity contribution in [1.29, 1.82) is 0 Å². The van der Waals surface area contributed by atoms with Gasteiger partial charge in [0.2, 0.25) is 0 Å². The first-order chi connectivity index (χ1) is 26.4. The summed E-state index contributed by atoms with van der Waals surface area (Å²) in [5, 5.41) is 17.6. The summed E-state index contributed by atoms with van der Waals surface area (Å²) in [6.45, 7) is 4.56. The fourth-order valence-electron chi connectivity index (χ4n) is 7.56. The van der Waals surface area contributed by atoms with Gasteiger partial charge in [-0.05, 0) is 99.1 Å². The van der Waals surface area contributed by atoms with Crippen molar-refractivity contribution in [3.63, 3.8) is 0 Å². The highest BCUT2D eigenvalue weighted by atomic mass is 32.2. The Morgan fingerprint density at radius 2 is 0.648 bits per heavy atom. The van der Waals surface area contributed by atoms with Crippen LogP contribution in [0.25, 0.3) is 0 Å². The molecule has 5 nitrogen and oxygen atoms in total. The molecule has 0 aromatic heterocycles. The number of thioether (sulfide) groups is 2. The molecule has 0 heterocycles. The summed E-state index contributed by atoms with van der Waals surface area (Å²) < 4.78 is 0. The molecular formula is C47H90O5S2. The van der Waals surface area contributed by atoms with Gasteiger partial charge >= 0.3 is 11.9 Å². The van der Waals surface area contributed by atoms with E-state index < -0.39 is 11.9 Å². The Morgan fingerprint density at radius 3 is 1.00 bits per heavy atom. The highest BCUT2D eigenvalue weighted by Crippen LogP contribution is 2.26. The van der Waals surface area contributed by atoms with Crippen molar-refractivity contribution in [3.05, 3.63) is 0 Å². The van der Waals surface area contributed by atoms with E-state index >= 15 is 0 Å². The lowest BCUT2D eigenvalue weighted by atomic mass is 9.94. The third-order valence-electron chi connectivity index (χ3n) is 11.1. The fraction of sp³-hybridized carbons (Fsp3) is 0.936. The van der Waals surface area contributed by atoms with Crippen molar-refractivity contribution in [2.24, 2.45) is 11.8 Å². The van der Waals surface area contributed by atoms with Crippen LogP contribution in [0.5, 0.6) is 0 Å². The zero-order chi connectivity index (χ0) is 39.6. The molecule has 0 aliphatic heterocycles. The van der Waals surface area contributed by atoms with Gasteiger partial charge in [-0.2, -0.15) is 23.5 Å². The molecule has 0 aromatic rings. The Balaban J connectivity index is 4.39. The Hall–Kier alpha value is -0.690. The van der Waals surface area contributed by atoms with Gasteiger partial charge in [0.25, 0.3) is 0 Å². The molecule has 7 heteroatoms. The van der Waals surface area contributed by atoms with Crippen LogP contribution in [-0.4, -0.2) is 50.9 Å². The Bertz CT molecular complexity index is 758. The second kappa shape index (κ2) is 43.4. The molecule has 0 aliphatic rings. The molecule has 0 aromatic carbocycles. The zero-order valence-electron chi connectivity index (χ0n) is 35.9. The summed E-state index contributed by atoms with van der Waals surface area (Å²) in [7, 11) is 0. The van der Waals surface area contributed by atoms with Gasteiger partial charge < -0.3 is 10.2 Å². The molecule has 54 heavy (non-hydrogen) atoms. The third kappa shape index (κ3) is 42.5. The fourth-order valence-corrected chi connectivity index (χ4v) is 10.0. The van der Waals surface area contributed by atoms with E-state index in [-0.39, 0.29) is 0 Å². The Morgan fingerprint density at radius 1 is 0.370 bits per heavy atom. The van der Waals surface area contributed by atoms with Crippen molar-refractivity contribution in [2.45, 2.75) is 245 Å². The van der Waals surface area contributed by atoms with E-state index in [1.807, 2.05) is 0 Å². The van der Waals surface area contributed by atoms with E-state index in [2.05, 4.69) is 37.4 Å². The number of carbonyl (C=O) groups is 3. The first-order valence-corrected chi connectivity index (χ1v) is 25.8. The number of hydrogen-bond donors (Lipinski definition) is 2. The van der Waals surface area contributed by atoms with Gasteiger partial charge in [-0.15, -0.1) is 0 Å². The van der Waals surface area contributed by atoms with Gasteiger partial charge in [-0.3, -0.25) is 14.4 Å². The Labute approximate surface area is 344 Å². The number of hydrogen-bond acceptors (Lipinski definition) is 5.